The largest absolute Gasteiger partial charge is 0.497 e. The zero-order valence-corrected chi connectivity index (χ0v) is 13.8. The Hall–Kier alpha value is -2.83. The lowest BCUT2D eigenvalue weighted by Gasteiger charge is -2.35. The summed E-state index contributed by atoms with van der Waals surface area (Å²) in [7, 11) is 1.60. The summed E-state index contributed by atoms with van der Waals surface area (Å²) in [5.41, 5.74) is 1.17. The molecular formula is C17H20N4O3. The number of aromatic amines is 1. The molecule has 1 fully saturated rings. The summed E-state index contributed by atoms with van der Waals surface area (Å²) in [5.74, 6) is 1.30. The molecule has 0 aliphatic carbocycles. The fraction of sp³-hybridized carbons (Fsp3) is 0.353. The Kier molecular flexibility index (Phi) is 4.50. The van der Waals surface area contributed by atoms with Crippen LogP contribution >= 0.6 is 0 Å². The molecule has 0 saturated carbocycles. The molecule has 0 bridgehead atoms. The number of hydrogen-bond acceptors (Lipinski definition) is 5. The zero-order chi connectivity index (χ0) is 17.1. The molecule has 24 heavy (non-hydrogen) atoms. The number of H-pyrrole nitrogens is 1. The number of piperazine rings is 1. The number of ether oxygens (including phenoxy) is 1. The van der Waals surface area contributed by atoms with Crippen molar-refractivity contribution in [3.63, 3.8) is 0 Å². The first-order valence-electron chi connectivity index (χ1n) is 7.83. The van der Waals surface area contributed by atoms with Crippen LogP contribution in [0.15, 0.2) is 35.1 Å². The fourth-order valence-electron chi connectivity index (χ4n) is 2.75. The molecule has 0 atom stereocenters. The second-order valence-electron chi connectivity index (χ2n) is 5.72. The van der Waals surface area contributed by atoms with Gasteiger partial charge >= 0.3 is 0 Å². The van der Waals surface area contributed by atoms with Gasteiger partial charge in [-0.15, -0.1) is 0 Å². The third-order valence-corrected chi connectivity index (χ3v) is 4.06. The highest BCUT2D eigenvalue weighted by Gasteiger charge is 2.23. The number of nitrogens with zero attached hydrogens (tertiary/aromatic N) is 3. The summed E-state index contributed by atoms with van der Waals surface area (Å²) in [4.78, 5) is 35.0. The van der Waals surface area contributed by atoms with Crippen LogP contribution in [-0.2, 0) is 0 Å². The van der Waals surface area contributed by atoms with E-state index in [2.05, 4.69) is 9.97 Å². The number of anilines is 1. The van der Waals surface area contributed by atoms with E-state index in [4.69, 9.17) is 4.74 Å². The molecule has 126 valence electrons. The maximum absolute atomic E-state index is 12.5. The molecule has 0 spiro atoms. The highest BCUT2D eigenvalue weighted by atomic mass is 16.5. The predicted molar refractivity (Wildman–Crippen MR) is 90.7 cm³/mol. The van der Waals surface area contributed by atoms with Gasteiger partial charge in [-0.25, -0.2) is 4.98 Å². The van der Waals surface area contributed by atoms with Crippen molar-refractivity contribution < 1.29 is 9.53 Å². The monoisotopic (exact) mass is 328 g/mol. The number of rotatable bonds is 3. The maximum Gasteiger partial charge on any atom is 0.253 e. The minimum atomic E-state index is -0.158. The Morgan fingerprint density at radius 2 is 1.83 bits per heavy atom. The topological polar surface area (TPSA) is 78.5 Å². The van der Waals surface area contributed by atoms with Crippen LogP contribution in [0.5, 0.6) is 5.75 Å². The van der Waals surface area contributed by atoms with Crippen LogP contribution in [0.1, 0.15) is 16.1 Å². The van der Waals surface area contributed by atoms with Crippen molar-refractivity contribution in [2.75, 3.05) is 38.2 Å². The standard InChI is InChI=1S/C17H20N4O3/c1-12-11-15(22)19-17(18-12)21-9-7-20(8-10-21)16(23)13-3-5-14(24-2)6-4-13/h3-6,11H,7-10H2,1-2H3,(H,18,19,22). The van der Waals surface area contributed by atoms with Crippen molar-refractivity contribution in [2.24, 2.45) is 0 Å². The van der Waals surface area contributed by atoms with Crippen LogP contribution in [0.25, 0.3) is 0 Å². The number of benzene rings is 1. The molecule has 3 rings (SSSR count). The molecule has 1 aromatic heterocycles. The summed E-state index contributed by atoms with van der Waals surface area (Å²) >= 11 is 0. The number of aryl methyl sites for hydroxylation is 1. The minimum Gasteiger partial charge on any atom is -0.497 e. The van der Waals surface area contributed by atoms with E-state index in [0.717, 1.165) is 5.75 Å². The van der Waals surface area contributed by atoms with E-state index in [1.165, 1.54) is 6.07 Å². The Bertz CT molecular complexity index is 777. The summed E-state index contributed by atoms with van der Waals surface area (Å²) in [6.07, 6.45) is 0. The van der Waals surface area contributed by atoms with E-state index in [-0.39, 0.29) is 11.5 Å². The Morgan fingerprint density at radius 3 is 2.42 bits per heavy atom. The van der Waals surface area contributed by atoms with Crippen LogP contribution in [-0.4, -0.2) is 54.1 Å². The second-order valence-corrected chi connectivity index (χ2v) is 5.72. The third-order valence-electron chi connectivity index (χ3n) is 4.06. The molecule has 1 amide bonds. The normalized spacial score (nSPS) is 14.6. The van der Waals surface area contributed by atoms with Crippen molar-refractivity contribution in [1.82, 2.24) is 14.9 Å². The average molecular weight is 328 g/mol. The maximum atomic E-state index is 12.5. The first-order chi connectivity index (χ1) is 11.6. The van der Waals surface area contributed by atoms with Crippen LogP contribution in [0.2, 0.25) is 0 Å². The molecule has 1 saturated heterocycles. The molecule has 1 aliphatic rings. The number of carbonyl (C=O) groups excluding carboxylic acids is 1. The quantitative estimate of drug-likeness (QED) is 0.911. The predicted octanol–water partition coefficient (Wildman–Crippen LogP) is 1.05. The molecule has 1 aromatic carbocycles. The van der Waals surface area contributed by atoms with Gasteiger partial charge in [-0.2, -0.15) is 0 Å². The van der Waals surface area contributed by atoms with E-state index in [1.807, 2.05) is 9.80 Å². The van der Waals surface area contributed by atoms with Crippen LogP contribution in [0, 0.1) is 6.92 Å². The number of aromatic nitrogens is 2. The highest BCUT2D eigenvalue weighted by molar-refractivity contribution is 5.94. The molecule has 1 aliphatic heterocycles. The summed E-state index contributed by atoms with van der Waals surface area (Å²) in [5, 5.41) is 0. The van der Waals surface area contributed by atoms with E-state index >= 15 is 0 Å². The van der Waals surface area contributed by atoms with E-state index in [1.54, 1.807) is 38.3 Å². The summed E-state index contributed by atoms with van der Waals surface area (Å²) in [6, 6.07) is 8.57. The van der Waals surface area contributed by atoms with Gasteiger partial charge in [0.2, 0.25) is 5.95 Å². The van der Waals surface area contributed by atoms with Crippen molar-refractivity contribution in [2.45, 2.75) is 6.92 Å². The minimum absolute atomic E-state index is 0.00278. The summed E-state index contributed by atoms with van der Waals surface area (Å²) in [6.45, 7) is 4.23. The lowest BCUT2D eigenvalue weighted by atomic mass is 10.1. The van der Waals surface area contributed by atoms with Crippen LogP contribution < -0.4 is 15.2 Å². The summed E-state index contributed by atoms with van der Waals surface area (Å²) < 4.78 is 5.11. The van der Waals surface area contributed by atoms with Gasteiger partial charge in [-0.05, 0) is 31.2 Å². The average Bonchev–Trinajstić information content (AvgIpc) is 2.60. The Balaban J connectivity index is 1.65. The van der Waals surface area contributed by atoms with Gasteiger partial charge in [-0.1, -0.05) is 0 Å². The van der Waals surface area contributed by atoms with Crippen molar-refractivity contribution in [1.29, 1.82) is 0 Å². The first-order valence-corrected chi connectivity index (χ1v) is 7.83. The number of amides is 1. The van der Waals surface area contributed by atoms with E-state index < -0.39 is 0 Å². The van der Waals surface area contributed by atoms with Gasteiger partial charge in [0, 0.05) is 43.5 Å². The number of methoxy groups -OCH3 is 1. The van der Waals surface area contributed by atoms with Gasteiger partial charge in [0.15, 0.2) is 0 Å². The second kappa shape index (κ2) is 6.74. The lowest BCUT2D eigenvalue weighted by molar-refractivity contribution is 0.0746. The zero-order valence-electron chi connectivity index (χ0n) is 13.8. The van der Waals surface area contributed by atoms with Crippen molar-refractivity contribution in [3.8, 4) is 5.75 Å². The van der Waals surface area contributed by atoms with E-state index in [9.17, 15) is 9.59 Å². The smallest absolute Gasteiger partial charge is 0.253 e. The van der Waals surface area contributed by atoms with Gasteiger partial charge in [0.05, 0.1) is 7.11 Å². The first kappa shape index (κ1) is 16.0. The molecule has 0 unspecified atom stereocenters. The van der Waals surface area contributed by atoms with Crippen LogP contribution in [0.4, 0.5) is 5.95 Å². The van der Waals surface area contributed by atoms with Crippen molar-refractivity contribution >= 4 is 11.9 Å². The molecule has 2 heterocycles. The van der Waals surface area contributed by atoms with Gasteiger partial charge in [-0.3, -0.25) is 14.6 Å². The lowest BCUT2D eigenvalue weighted by Crippen LogP contribution is -2.49. The van der Waals surface area contributed by atoms with Gasteiger partial charge in [0.1, 0.15) is 5.75 Å². The molecule has 2 aromatic rings. The van der Waals surface area contributed by atoms with Gasteiger partial charge < -0.3 is 14.5 Å². The molecule has 7 nitrogen and oxygen atoms in total. The fourth-order valence-corrected chi connectivity index (χ4v) is 2.75. The van der Waals surface area contributed by atoms with E-state index in [0.29, 0.717) is 43.4 Å². The van der Waals surface area contributed by atoms with Gasteiger partial charge in [0.25, 0.3) is 11.5 Å². The molecule has 7 heteroatoms. The third kappa shape index (κ3) is 3.40. The number of carbonyl (C=O) groups is 1. The Morgan fingerprint density at radius 1 is 1.17 bits per heavy atom. The highest BCUT2D eigenvalue weighted by Crippen LogP contribution is 2.15. The van der Waals surface area contributed by atoms with Crippen molar-refractivity contribution in [3.05, 3.63) is 51.9 Å². The molecular weight excluding hydrogens is 308 g/mol. The van der Waals surface area contributed by atoms with Crippen LogP contribution in [0.3, 0.4) is 0 Å². The molecule has 0 radical (unpaired) electrons. The molecule has 1 N–H and O–H groups in total. The Labute approximate surface area is 139 Å². The number of hydrogen-bond donors (Lipinski definition) is 1. The SMILES string of the molecule is COc1ccc(C(=O)N2CCN(c3nc(C)cc(=O)[nH]3)CC2)cc1. The number of nitrogens with one attached hydrogen (secondary N) is 1.